The molecule has 0 N–H and O–H groups in total. The maximum absolute atomic E-state index is 13.3. The van der Waals surface area contributed by atoms with E-state index in [2.05, 4.69) is 0 Å². The van der Waals surface area contributed by atoms with Crippen molar-refractivity contribution in [3.05, 3.63) is 29.1 Å². The van der Waals surface area contributed by atoms with E-state index in [4.69, 9.17) is 0 Å². The van der Waals surface area contributed by atoms with Gasteiger partial charge in [0.05, 0.1) is 16.4 Å². The topological polar surface area (TPSA) is 71.5 Å². The van der Waals surface area contributed by atoms with Crippen molar-refractivity contribution in [2.45, 2.75) is 31.2 Å². The molecule has 0 aliphatic carbocycles. The molecule has 5 nitrogen and oxygen atoms in total. The summed E-state index contributed by atoms with van der Waals surface area (Å²) in [7, 11) is -5.65. The van der Waals surface area contributed by atoms with Gasteiger partial charge in [-0.2, -0.15) is 4.31 Å². The van der Waals surface area contributed by atoms with Gasteiger partial charge in [-0.1, -0.05) is 0 Å². The predicted molar refractivity (Wildman–Crippen MR) is 77.9 cm³/mol. The maximum atomic E-state index is 13.3. The number of rotatable bonds is 3. The zero-order valence-corrected chi connectivity index (χ0v) is 13.8. The molecule has 1 unspecified atom stereocenters. The summed E-state index contributed by atoms with van der Waals surface area (Å²) in [6, 6.07) is 1.77. The molecule has 0 saturated carbocycles. The van der Waals surface area contributed by atoms with Crippen molar-refractivity contribution < 1.29 is 21.2 Å². The summed E-state index contributed by atoms with van der Waals surface area (Å²) >= 11 is 0. The molecule has 1 atom stereocenters. The van der Waals surface area contributed by atoms with Crippen LogP contribution in [0.1, 0.15) is 17.5 Å². The van der Waals surface area contributed by atoms with Gasteiger partial charge in [-0.3, -0.25) is 0 Å². The highest BCUT2D eigenvalue weighted by molar-refractivity contribution is 7.92. The van der Waals surface area contributed by atoms with Gasteiger partial charge in [0.2, 0.25) is 10.0 Å². The van der Waals surface area contributed by atoms with Gasteiger partial charge in [-0.25, -0.2) is 21.2 Å². The van der Waals surface area contributed by atoms with Crippen LogP contribution >= 0.6 is 0 Å². The van der Waals surface area contributed by atoms with E-state index in [0.29, 0.717) is 11.1 Å². The number of hydrogen-bond acceptors (Lipinski definition) is 4. The lowest BCUT2D eigenvalue weighted by Gasteiger charge is -2.24. The van der Waals surface area contributed by atoms with Crippen LogP contribution in [-0.4, -0.2) is 45.7 Å². The molecule has 0 radical (unpaired) electrons. The van der Waals surface area contributed by atoms with Crippen molar-refractivity contribution in [2.75, 3.05) is 18.6 Å². The lowest BCUT2D eigenvalue weighted by molar-refractivity contribution is 0.393. The molecule has 0 bridgehead atoms. The van der Waals surface area contributed by atoms with E-state index in [1.807, 2.05) is 0 Å². The molecule has 1 fully saturated rings. The SMILES string of the molecule is Cc1cc(F)cc(C)c1S(=O)(=O)N(C)C1CCS(=O)(=O)C1. The number of benzene rings is 1. The van der Waals surface area contributed by atoms with E-state index in [-0.39, 0.29) is 22.8 Å². The number of sulfonamides is 1. The second-order valence-electron chi connectivity index (χ2n) is 5.45. The summed E-state index contributed by atoms with van der Waals surface area (Å²) in [4.78, 5) is 0.0516. The second-order valence-corrected chi connectivity index (χ2v) is 9.61. The van der Waals surface area contributed by atoms with Gasteiger partial charge in [0.25, 0.3) is 0 Å². The monoisotopic (exact) mass is 335 g/mol. The fraction of sp³-hybridized carbons (Fsp3) is 0.538. The first-order valence-electron chi connectivity index (χ1n) is 6.50. The molecule has 1 aliphatic rings. The third-order valence-electron chi connectivity index (χ3n) is 3.78. The van der Waals surface area contributed by atoms with Crippen LogP contribution in [0.2, 0.25) is 0 Å². The molecule has 118 valence electrons. The van der Waals surface area contributed by atoms with Crippen LogP contribution < -0.4 is 0 Å². The number of sulfone groups is 1. The van der Waals surface area contributed by atoms with Gasteiger partial charge in [0.1, 0.15) is 5.82 Å². The number of nitrogens with zero attached hydrogens (tertiary/aromatic N) is 1. The highest BCUT2D eigenvalue weighted by atomic mass is 32.2. The van der Waals surface area contributed by atoms with Gasteiger partial charge in [0, 0.05) is 13.1 Å². The zero-order chi connectivity index (χ0) is 16.0. The predicted octanol–water partition coefficient (Wildman–Crippen LogP) is 1.25. The Kier molecular flexibility index (Phi) is 4.16. The summed E-state index contributed by atoms with van der Waals surface area (Å²) in [5.74, 6) is -0.656. The Labute approximate surface area is 124 Å². The molecule has 8 heteroatoms. The Morgan fingerprint density at radius 3 is 2.19 bits per heavy atom. The van der Waals surface area contributed by atoms with E-state index < -0.39 is 31.7 Å². The summed E-state index contributed by atoms with van der Waals surface area (Å²) < 4.78 is 62.8. The third-order valence-corrected chi connectivity index (χ3v) is 7.75. The van der Waals surface area contributed by atoms with Crippen molar-refractivity contribution in [3.8, 4) is 0 Å². The van der Waals surface area contributed by atoms with Gasteiger partial charge in [0.15, 0.2) is 9.84 Å². The Bertz CT molecular complexity index is 748. The van der Waals surface area contributed by atoms with E-state index in [1.165, 1.54) is 33.0 Å². The highest BCUT2D eigenvalue weighted by Gasteiger charge is 2.37. The quantitative estimate of drug-likeness (QED) is 0.833. The Morgan fingerprint density at radius 2 is 1.76 bits per heavy atom. The van der Waals surface area contributed by atoms with E-state index in [9.17, 15) is 21.2 Å². The van der Waals surface area contributed by atoms with Crippen molar-refractivity contribution >= 4 is 19.9 Å². The maximum Gasteiger partial charge on any atom is 0.243 e. The highest BCUT2D eigenvalue weighted by Crippen LogP contribution is 2.28. The Morgan fingerprint density at radius 1 is 1.24 bits per heavy atom. The minimum absolute atomic E-state index is 0.00108. The molecular formula is C13H18FNO4S2. The lowest BCUT2D eigenvalue weighted by atomic mass is 10.1. The number of aryl methyl sites for hydroxylation is 2. The minimum atomic E-state index is -3.85. The van der Waals surface area contributed by atoms with E-state index in [1.54, 1.807) is 0 Å². The summed E-state index contributed by atoms with van der Waals surface area (Å²) in [6.45, 7) is 3.06. The molecule has 1 saturated heterocycles. The summed E-state index contributed by atoms with van der Waals surface area (Å²) in [6.07, 6.45) is 0.289. The Hall–Kier alpha value is -0.990. The number of hydrogen-bond donors (Lipinski definition) is 0. The lowest BCUT2D eigenvalue weighted by Crippen LogP contribution is -2.38. The molecular weight excluding hydrogens is 317 g/mol. The van der Waals surface area contributed by atoms with Crippen LogP contribution in [0.3, 0.4) is 0 Å². The van der Waals surface area contributed by atoms with Gasteiger partial charge >= 0.3 is 0 Å². The van der Waals surface area contributed by atoms with E-state index >= 15 is 0 Å². The molecule has 0 aromatic heterocycles. The van der Waals surface area contributed by atoms with Crippen LogP contribution in [0.15, 0.2) is 17.0 Å². The van der Waals surface area contributed by atoms with Crippen LogP contribution in [0.25, 0.3) is 0 Å². The van der Waals surface area contributed by atoms with Gasteiger partial charge in [-0.05, 0) is 43.5 Å². The minimum Gasteiger partial charge on any atom is -0.229 e. The standard InChI is InChI=1S/C13H18FNO4S2/c1-9-6-11(14)7-10(2)13(9)21(18,19)15(3)12-4-5-20(16,17)8-12/h6-7,12H,4-5,8H2,1-3H3. The molecule has 1 aliphatic heterocycles. The first-order chi connectivity index (χ1) is 9.54. The van der Waals surface area contributed by atoms with Crippen molar-refractivity contribution in [2.24, 2.45) is 0 Å². The zero-order valence-electron chi connectivity index (χ0n) is 12.1. The van der Waals surface area contributed by atoms with Crippen molar-refractivity contribution in [3.63, 3.8) is 0 Å². The first kappa shape index (κ1) is 16.4. The fourth-order valence-electron chi connectivity index (χ4n) is 2.71. The molecule has 0 spiro atoms. The summed E-state index contributed by atoms with van der Waals surface area (Å²) in [5.41, 5.74) is 0.639. The van der Waals surface area contributed by atoms with Crippen LogP contribution in [-0.2, 0) is 19.9 Å². The first-order valence-corrected chi connectivity index (χ1v) is 9.76. The molecule has 1 aromatic rings. The molecule has 0 amide bonds. The van der Waals surface area contributed by atoms with Gasteiger partial charge in [-0.15, -0.1) is 0 Å². The van der Waals surface area contributed by atoms with Crippen molar-refractivity contribution in [1.82, 2.24) is 4.31 Å². The third kappa shape index (κ3) is 3.12. The average Bonchev–Trinajstić information content (AvgIpc) is 2.66. The fourth-order valence-corrected chi connectivity index (χ4v) is 6.37. The second kappa shape index (κ2) is 5.33. The van der Waals surface area contributed by atoms with Crippen molar-refractivity contribution in [1.29, 1.82) is 0 Å². The number of halogens is 1. The van der Waals surface area contributed by atoms with Crippen LogP contribution in [0.5, 0.6) is 0 Å². The molecule has 2 rings (SSSR count). The Balaban J connectivity index is 2.44. The van der Waals surface area contributed by atoms with Crippen LogP contribution in [0.4, 0.5) is 4.39 Å². The summed E-state index contributed by atoms with van der Waals surface area (Å²) in [5, 5.41) is 0. The molecule has 1 heterocycles. The average molecular weight is 335 g/mol. The largest absolute Gasteiger partial charge is 0.243 e. The normalized spacial score (nSPS) is 21.9. The smallest absolute Gasteiger partial charge is 0.229 e. The molecule has 21 heavy (non-hydrogen) atoms. The molecule has 1 aromatic carbocycles. The van der Waals surface area contributed by atoms with E-state index in [0.717, 1.165) is 4.31 Å². The van der Waals surface area contributed by atoms with Gasteiger partial charge < -0.3 is 0 Å². The van der Waals surface area contributed by atoms with Crippen LogP contribution in [0, 0.1) is 19.7 Å².